The fourth-order valence-electron chi connectivity index (χ4n) is 2.07. The Bertz CT molecular complexity index is 639. The minimum Gasteiger partial charge on any atom is -0.352 e. The van der Waals surface area contributed by atoms with E-state index in [1.54, 1.807) is 4.68 Å². The van der Waals surface area contributed by atoms with Crippen LogP contribution in [-0.4, -0.2) is 15.7 Å². The number of benzene rings is 1. The van der Waals surface area contributed by atoms with E-state index in [9.17, 15) is 4.79 Å². The van der Waals surface area contributed by atoms with E-state index in [1.165, 1.54) is 5.56 Å². The second-order valence-corrected chi connectivity index (χ2v) is 5.21. The molecule has 1 aromatic heterocycles. The Morgan fingerprint density at radius 3 is 2.62 bits per heavy atom. The topological polar surface area (TPSA) is 46.9 Å². The number of hydrogen-bond donors (Lipinski definition) is 1. The van der Waals surface area contributed by atoms with Gasteiger partial charge in [0.15, 0.2) is 0 Å². The number of amides is 1. The van der Waals surface area contributed by atoms with Crippen molar-refractivity contribution in [2.45, 2.75) is 26.8 Å². The molecule has 1 heterocycles. The van der Waals surface area contributed by atoms with Gasteiger partial charge in [0.1, 0.15) is 0 Å². The molecule has 0 saturated carbocycles. The van der Waals surface area contributed by atoms with E-state index in [-0.39, 0.29) is 5.91 Å². The van der Waals surface area contributed by atoms with Crippen molar-refractivity contribution in [3.63, 3.8) is 0 Å². The summed E-state index contributed by atoms with van der Waals surface area (Å²) in [6, 6.07) is 8.21. The molecule has 0 aliphatic rings. The zero-order chi connectivity index (χ0) is 15.2. The van der Waals surface area contributed by atoms with Crippen LogP contribution in [0, 0.1) is 13.8 Å². The van der Waals surface area contributed by atoms with Crippen molar-refractivity contribution in [2.24, 2.45) is 7.05 Å². The summed E-state index contributed by atoms with van der Waals surface area (Å²) in [5.41, 5.74) is 4.34. The highest BCUT2D eigenvalue weighted by Gasteiger charge is 2.04. The van der Waals surface area contributed by atoms with E-state index in [0.29, 0.717) is 13.0 Å². The molecule has 4 heteroatoms. The molecule has 0 unspecified atom stereocenters. The first-order valence-corrected chi connectivity index (χ1v) is 7.03. The first-order chi connectivity index (χ1) is 10.0. The number of hydrogen-bond acceptors (Lipinski definition) is 2. The number of nitrogens with zero attached hydrogens (tertiary/aromatic N) is 2. The monoisotopic (exact) mass is 283 g/mol. The molecule has 110 valence electrons. The Hall–Kier alpha value is -2.36. The first kappa shape index (κ1) is 15.0. The van der Waals surface area contributed by atoms with Crippen LogP contribution in [0.4, 0.5) is 0 Å². The van der Waals surface area contributed by atoms with Crippen LogP contribution in [-0.2, 0) is 18.4 Å². The zero-order valence-electron chi connectivity index (χ0n) is 12.8. The van der Waals surface area contributed by atoms with Crippen molar-refractivity contribution in [3.8, 4) is 0 Å². The Labute approximate surface area is 125 Å². The van der Waals surface area contributed by atoms with Gasteiger partial charge in [-0.3, -0.25) is 9.48 Å². The summed E-state index contributed by atoms with van der Waals surface area (Å²) in [5.74, 6) is 0.0154. The third-order valence-electron chi connectivity index (χ3n) is 3.28. The summed E-state index contributed by atoms with van der Waals surface area (Å²) in [7, 11) is 1.88. The summed E-state index contributed by atoms with van der Waals surface area (Å²) in [6.45, 7) is 4.52. The summed E-state index contributed by atoms with van der Waals surface area (Å²) in [4.78, 5) is 11.8. The number of carbonyl (C=O) groups is 1. The van der Waals surface area contributed by atoms with Gasteiger partial charge in [0, 0.05) is 31.8 Å². The molecule has 1 aromatic carbocycles. The first-order valence-electron chi connectivity index (χ1n) is 7.03. The number of rotatable bonds is 5. The molecule has 2 rings (SSSR count). The SMILES string of the molecule is Cc1ccc(/C=C/CC(=O)NCc2cn(C)nc2C)cc1. The van der Waals surface area contributed by atoms with Crippen LogP contribution in [0.1, 0.15) is 28.8 Å². The summed E-state index contributed by atoms with van der Waals surface area (Å²) in [5, 5.41) is 7.15. The largest absolute Gasteiger partial charge is 0.352 e. The molecule has 0 fully saturated rings. The Morgan fingerprint density at radius 1 is 1.29 bits per heavy atom. The quantitative estimate of drug-likeness (QED) is 0.917. The lowest BCUT2D eigenvalue weighted by atomic mass is 10.1. The molecular formula is C17H21N3O. The standard InChI is InChI=1S/C17H21N3O/c1-13-7-9-15(10-8-13)5-4-6-17(21)18-11-16-12-20(3)19-14(16)2/h4-5,7-10,12H,6,11H2,1-3H3,(H,18,21)/b5-4+. The van der Waals surface area contributed by atoms with Gasteiger partial charge < -0.3 is 5.32 Å². The molecule has 0 radical (unpaired) electrons. The predicted molar refractivity (Wildman–Crippen MR) is 84.6 cm³/mol. The van der Waals surface area contributed by atoms with Crippen molar-refractivity contribution >= 4 is 12.0 Å². The van der Waals surface area contributed by atoms with Crippen molar-refractivity contribution < 1.29 is 4.79 Å². The third-order valence-corrected chi connectivity index (χ3v) is 3.28. The number of carbonyl (C=O) groups excluding carboxylic acids is 1. The van der Waals surface area contributed by atoms with Gasteiger partial charge in [0.2, 0.25) is 5.91 Å². The molecule has 1 N–H and O–H groups in total. The van der Waals surface area contributed by atoms with Crippen LogP contribution in [0.2, 0.25) is 0 Å². The van der Waals surface area contributed by atoms with Gasteiger partial charge in [-0.1, -0.05) is 42.0 Å². The van der Waals surface area contributed by atoms with Crippen LogP contribution in [0.5, 0.6) is 0 Å². The molecule has 0 aliphatic carbocycles. The van der Waals surface area contributed by atoms with Gasteiger partial charge in [-0.25, -0.2) is 0 Å². The van der Waals surface area contributed by atoms with E-state index in [4.69, 9.17) is 0 Å². The number of aromatic nitrogens is 2. The van der Waals surface area contributed by atoms with Crippen LogP contribution < -0.4 is 5.32 Å². The van der Waals surface area contributed by atoms with Gasteiger partial charge in [-0.05, 0) is 19.4 Å². The summed E-state index contributed by atoms with van der Waals surface area (Å²) < 4.78 is 1.76. The summed E-state index contributed by atoms with van der Waals surface area (Å²) in [6.07, 6.45) is 6.16. The average molecular weight is 283 g/mol. The van der Waals surface area contributed by atoms with Gasteiger partial charge in [-0.15, -0.1) is 0 Å². The lowest BCUT2D eigenvalue weighted by molar-refractivity contribution is -0.120. The lowest BCUT2D eigenvalue weighted by Gasteiger charge is -2.02. The van der Waals surface area contributed by atoms with Gasteiger partial charge in [-0.2, -0.15) is 5.10 Å². The van der Waals surface area contributed by atoms with Crippen molar-refractivity contribution in [2.75, 3.05) is 0 Å². The summed E-state index contributed by atoms with van der Waals surface area (Å²) >= 11 is 0. The van der Waals surface area contributed by atoms with E-state index in [0.717, 1.165) is 16.8 Å². The minimum absolute atomic E-state index is 0.0154. The van der Waals surface area contributed by atoms with Gasteiger partial charge in [0.05, 0.1) is 5.69 Å². The van der Waals surface area contributed by atoms with Gasteiger partial charge >= 0.3 is 0 Å². The third kappa shape index (κ3) is 4.60. The number of aryl methyl sites for hydroxylation is 3. The molecule has 0 atom stereocenters. The molecule has 21 heavy (non-hydrogen) atoms. The highest BCUT2D eigenvalue weighted by molar-refractivity contribution is 5.78. The van der Waals surface area contributed by atoms with Crippen LogP contribution >= 0.6 is 0 Å². The Morgan fingerprint density at radius 2 is 2.00 bits per heavy atom. The van der Waals surface area contributed by atoms with Crippen molar-refractivity contribution in [1.29, 1.82) is 0 Å². The molecule has 0 bridgehead atoms. The number of nitrogens with one attached hydrogen (secondary N) is 1. The minimum atomic E-state index is 0.0154. The fourth-order valence-corrected chi connectivity index (χ4v) is 2.07. The highest BCUT2D eigenvalue weighted by Crippen LogP contribution is 2.06. The van der Waals surface area contributed by atoms with Crippen LogP contribution in [0.25, 0.3) is 6.08 Å². The maximum atomic E-state index is 11.8. The normalized spacial score (nSPS) is 11.0. The van der Waals surface area contributed by atoms with E-state index >= 15 is 0 Å². The molecule has 0 aliphatic heterocycles. The molecule has 1 amide bonds. The maximum absolute atomic E-state index is 11.8. The smallest absolute Gasteiger partial charge is 0.224 e. The van der Waals surface area contributed by atoms with E-state index in [1.807, 2.05) is 44.5 Å². The predicted octanol–water partition coefficient (Wildman–Crippen LogP) is 2.76. The average Bonchev–Trinajstić information content (AvgIpc) is 2.77. The molecule has 2 aromatic rings. The second-order valence-electron chi connectivity index (χ2n) is 5.21. The fraction of sp³-hybridized carbons (Fsp3) is 0.294. The molecular weight excluding hydrogens is 262 g/mol. The van der Waals surface area contributed by atoms with Crippen molar-refractivity contribution in [3.05, 3.63) is 58.9 Å². The van der Waals surface area contributed by atoms with Gasteiger partial charge in [0.25, 0.3) is 0 Å². The Kier molecular flexibility index (Phi) is 4.93. The molecule has 0 saturated heterocycles. The zero-order valence-corrected chi connectivity index (χ0v) is 12.8. The molecule has 4 nitrogen and oxygen atoms in total. The van der Waals surface area contributed by atoms with E-state index in [2.05, 4.69) is 29.5 Å². The van der Waals surface area contributed by atoms with E-state index < -0.39 is 0 Å². The van der Waals surface area contributed by atoms with Crippen LogP contribution in [0.15, 0.2) is 36.5 Å². The van der Waals surface area contributed by atoms with Crippen molar-refractivity contribution in [1.82, 2.24) is 15.1 Å². The Balaban J connectivity index is 1.79. The highest BCUT2D eigenvalue weighted by atomic mass is 16.1. The maximum Gasteiger partial charge on any atom is 0.224 e. The second kappa shape index (κ2) is 6.88. The molecule has 0 spiro atoms. The lowest BCUT2D eigenvalue weighted by Crippen LogP contribution is -2.21. The van der Waals surface area contributed by atoms with Crippen LogP contribution in [0.3, 0.4) is 0 Å².